The lowest BCUT2D eigenvalue weighted by molar-refractivity contribution is -0.142. The maximum atomic E-state index is 11.3. The predicted octanol–water partition coefficient (Wildman–Crippen LogP) is 1.27. The third-order valence-electron chi connectivity index (χ3n) is 2.30. The molecule has 1 aromatic rings. The van der Waals surface area contributed by atoms with Gasteiger partial charge in [0.1, 0.15) is 6.04 Å². The highest BCUT2D eigenvalue weighted by atomic mass is 16.5. The average Bonchev–Trinajstić information content (AvgIpc) is 2.37. The van der Waals surface area contributed by atoms with Gasteiger partial charge in [-0.3, -0.25) is 4.79 Å². The van der Waals surface area contributed by atoms with Crippen molar-refractivity contribution in [2.75, 3.05) is 20.8 Å². The number of methoxy groups -OCH3 is 2. The van der Waals surface area contributed by atoms with Crippen molar-refractivity contribution >= 4 is 5.97 Å². The molecule has 0 aliphatic rings. The smallest absolute Gasteiger partial charge is 0.327 e. The number of ether oxygens (including phenoxy) is 3. The zero-order valence-corrected chi connectivity index (χ0v) is 10.2. The average molecular weight is 239 g/mol. The molecule has 94 valence electrons. The molecule has 0 aliphatic heterocycles. The molecule has 0 aromatic heterocycles. The number of hydrogen-bond acceptors (Lipinski definition) is 5. The number of hydrogen-bond donors (Lipinski definition) is 1. The number of esters is 1. The lowest BCUT2D eigenvalue weighted by atomic mass is 10.1. The van der Waals surface area contributed by atoms with Crippen molar-refractivity contribution in [2.24, 2.45) is 5.73 Å². The van der Waals surface area contributed by atoms with E-state index in [9.17, 15) is 4.79 Å². The Bertz CT molecular complexity index is 392. The highest BCUT2D eigenvalue weighted by molar-refractivity contribution is 5.77. The van der Waals surface area contributed by atoms with Crippen LogP contribution in [0.15, 0.2) is 18.2 Å². The van der Waals surface area contributed by atoms with Crippen LogP contribution in [0.3, 0.4) is 0 Å². The van der Waals surface area contributed by atoms with Crippen molar-refractivity contribution in [2.45, 2.75) is 13.0 Å². The van der Waals surface area contributed by atoms with Gasteiger partial charge in [-0.25, -0.2) is 0 Å². The van der Waals surface area contributed by atoms with Gasteiger partial charge in [0.25, 0.3) is 0 Å². The van der Waals surface area contributed by atoms with E-state index in [0.29, 0.717) is 23.7 Å². The van der Waals surface area contributed by atoms with Crippen LogP contribution in [0.2, 0.25) is 0 Å². The van der Waals surface area contributed by atoms with Crippen LogP contribution in [-0.2, 0) is 9.53 Å². The van der Waals surface area contributed by atoms with Gasteiger partial charge in [-0.2, -0.15) is 0 Å². The van der Waals surface area contributed by atoms with E-state index in [-0.39, 0.29) is 0 Å². The summed E-state index contributed by atoms with van der Waals surface area (Å²) in [6.07, 6.45) is 0. The largest absolute Gasteiger partial charge is 0.493 e. The van der Waals surface area contributed by atoms with Crippen molar-refractivity contribution in [3.05, 3.63) is 23.8 Å². The summed E-state index contributed by atoms with van der Waals surface area (Å²) in [6, 6.07) is 4.29. The van der Waals surface area contributed by atoms with Gasteiger partial charge >= 0.3 is 5.97 Å². The fourth-order valence-corrected chi connectivity index (χ4v) is 1.42. The summed E-state index contributed by atoms with van der Waals surface area (Å²) in [6.45, 7) is 2.37. The maximum absolute atomic E-state index is 11.3. The van der Waals surface area contributed by atoms with Gasteiger partial charge in [0.2, 0.25) is 0 Å². The molecular weight excluding hydrogens is 222 g/mol. The molecule has 0 heterocycles. The summed E-state index contributed by atoms with van der Waals surface area (Å²) in [5, 5.41) is 0. The predicted molar refractivity (Wildman–Crippen MR) is 63.1 cm³/mol. The lowest BCUT2D eigenvalue weighted by Gasteiger charge is -2.14. The first-order valence-corrected chi connectivity index (χ1v) is 5.28. The Balaban J connectivity index is 3.02. The third-order valence-corrected chi connectivity index (χ3v) is 2.30. The van der Waals surface area contributed by atoms with E-state index in [4.69, 9.17) is 15.2 Å². The Morgan fingerprint density at radius 1 is 1.35 bits per heavy atom. The van der Waals surface area contributed by atoms with Gasteiger partial charge < -0.3 is 19.9 Å². The van der Waals surface area contributed by atoms with Gasteiger partial charge in [0, 0.05) is 0 Å². The Morgan fingerprint density at radius 3 is 2.59 bits per heavy atom. The van der Waals surface area contributed by atoms with Gasteiger partial charge in [-0.05, 0) is 24.6 Å². The zero-order valence-electron chi connectivity index (χ0n) is 10.2. The van der Waals surface area contributed by atoms with E-state index >= 15 is 0 Å². The maximum Gasteiger partial charge on any atom is 0.327 e. The third kappa shape index (κ3) is 3.10. The lowest BCUT2D eigenvalue weighted by Crippen LogP contribution is -2.22. The molecule has 0 aliphatic carbocycles. The first-order valence-electron chi connectivity index (χ1n) is 5.28. The molecule has 0 amide bonds. The van der Waals surface area contributed by atoms with Gasteiger partial charge in [0.05, 0.1) is 20.8 Å². The molecule has 0 spiro atoms. The van der Waals surface area contributed by atoms with Crippen LogP contribution in [-0.4, -0.2) is 26.8 Å². The van der Waals surface area contributed by atoms with Crippen LogP contribution < -0.4 is 15.2 Å². The van der Waals surface area contributed by atoms with Crippen LogP contribution in [0.25, 0.3) is 0 Å². The van der Waals surface area contributed by atoms with Crippen LogP contribution in [0, 0.1) is 0 Å². The molecule has 0 saturated carbocycles. The molecule has 5 nitrogen and oxygen atoms in total. The zero-order chi connectivity index (χ0) is 12.8. The molecule has 2 N–H and O–H groups in total. The Hall–Kier alpha value is -1.75. The number of rotatable bonds is 5. The van der Waals surface area contributed by atoms with Crippen LogP contribution in [0.1, 0.15) is 18.5 Å². The van der Waals surface area contributed by atoms with Crippen LogP contribution in [0.5, 0.6) is 11.5 Å². The Morgan fingerprint density at radius 2 is 2.06 bits per heavy atom. The Kier molecular flexibility index (Phi) is 4.78. The van der Waals surface area contributed by atoms with Crippen LogP contribution in [0.4, 0.5) is 0 Å². The number of benzene rings is 1. The van der Waals surface area contributed by atoms with Gasteiger partial charge in [-0.15, -0.1) is 0 Å². The first-order chi connectivity index (χ1) is 8.13. The molecule has 17 heavy (non-hydrogen) atoms. The highest BCUT2D eigenvalue weighted by Crippen LogP contribution is 2.30. The molecule has 0 fully saturated rings. The minimum atomic E-state index is -0.815. The normalized spacial score (nSPS) is 11.8. The van der Waals surface area contributed by atoms with Crippen molar-refractivity contribution < 1.29 is 19.0 Å². The first kappa shape index (κ1) is 13.3. The molecule has 5 heteroatoms. The van der Waals surface area contributed by atoms with E-state index in [2.05, 4.69) is 4.74 Å². The SMILES string of the molecule is CCOc1cc([C@H](N)C(=O)OC)ccc1OC. The van der Waals surface area contributed by atoms with Crippen molar-refractivity contribution in [1.29, 1.82) is 0 Å². The Labute approximate surface area is 100 Å². The summed E-state index contributed by atoms with van der Waals surface area (Å²) in [7, 11) is 2.85. The monoisotopic (exact) mass is 239 g/mol. The summed E-state index contributed by atoms with van der Waals surface area (Å²) in [4.78, 5) is 11.3. The standard InChI is InChI=1S/C12H17NO4/c1-4-17-10-7-8(5-6-9(10)15-2)11(13)12(14)16-3/h5-7,11H,4,13H2,1-3H3/t11-/m0/s1. The van der Waals surface area contributed by atoms with E-state index in [1.54, 1.807) is 25.3 Å². The highest BCUT2D eigenvalue weighted by Gasteiger charge is 2.18. The fourth-order valence-electron chi connectivity index (χ4n) is 1.42. The van der Waals surface area contributed by atoms with Gasteiger partial charge in [0.15, 0.2) is 11.5 Å². The number of carbonyl (C=O) groups is 1. The molecule has 1 rings (SSSR count). The summed E-state index contributed by atoms with van der Waals surface area (Å²) >= 11 is 0. The number of nitrogens with two attached hydrogens (primary N) is 1. The minimum Gasteiger partial charge on any atom is -0.493 e. The van der Waals surface area contributed by atoms with E-state index in [0.717, 1.165) is 0 Å². The molecule has 0 bridgehead atoms. The van der Waals surface area contributed by atoms with E-state index in [1.807, 2.05) is 6.92 Å². The quantitative estimate of drug-likeness (QED) is 0.783. The molecule has 1 aromatic carbocycles. The summed E-state index contributed by atoms with van der Waals surface area (Å²) in [5.74, 6) is 0.678. The van der Waals surface area contributed by atoms with Crippen LogP contribution >= 0.6 is 0 Å². The second kappa shape index (κ2) is 6.10. The van der Waals surface area contributed by atoms with Crippen molar-refractivity contribution in [1.82, 2.24) is 0 Å². The van der Waals surface area contributed by atoms with E-state index < -0.39 is 12.0 Å². The molecule has 1 atom stereocenters. The molecule has 0 saturated heterocycles. The summed E-state index contributed by atoms with van der Waals surface area (Å²) < 4.78 is 15.1. The summed E-state index contributed by atoms with van der Waals surface area (Å²) in [5.41, 5.74) is 6.36. The van der Waals surface area contributed by atoms with E-state index in [1.165, 1.54) is 7.11 Å². The topological polar surface area (TPSA) is 70.8 Å². The van der Waals surface area contributed by atoms with Crippen molar-refractivity contribution in [3.8, 4) is 11.5 Å². The molecule has 0 radical (unpaired) electrons. The van der Waals surface area contributed by atoms with Crippen molar-refractivity contribution in [3.63, 3.8) is 0 Å². The molecule has 0 unspecified atom stereocenters. The second-order valence-electron chi connectivity index (χ2n) is 3.34. The fraction of sp³-hybridized carbons (Fsp3) is 0.417. The second-order valence-corrected chi connectivity index (χ2v) is 3.34. The number of carbonyl (C=O) groups excluding carboxylic acids is 1. The van der Waals surface area contributed by atoms with Gasteiger partial charge in [-0.1, -0.05) is 6.07 Å². The molecular formula is C12H17NO4. The minimum absolute atomic E-state index is 0.488.